The molecule has 0 unspecified atom stereocenters. The Bertz CT molecular complexity index is 702. The van der Waals surface area contributed by atoms with Crippen molar-refractivity contribution in [2.24, 2.45) is 0 Å². The molecule has 5 heteroatoms. The summed E-state index contributed by atoms with van der Waals surface area (Å²) >= 11 is 6.12. The highest BCUT2D eigenvalue weighted by atomic mass is 35.5. The first-order valence-electron chi connectivity index (χ1n) is 6.99. The van der Waals surface area contributed by atoms with Crippen LogP contribution in [0.2, 0.25) is 5.02 Å². The number of anilines is 1. The molecule has 1 fully saturated rings. The molecule has 3 rings (SSSR count). The van der Waals surface area contributed by atoms with E-state index in [1.165, 1.54) is 0 Å². The van der Waals surface area contributed by atoms with E-state index in [0.717, 1.165) is 42.5 Å². The van der Waals surface area contributed by atoms with Gasteiger partial charge in [0.2, 0.25) is 0 Å². The molecule has 0 amide bonds. The third-order valence-electron chi connectivity index (χ3n) is 4.01. The van der Waals surface area contributed by atoms with Crippen LogP contribution in [0.3, 0.4) is 0 Å². The number of pyridine rings is 1. The molecule has 1 aliphatic heterocycles. The Kier molecular flexibility index (Phi) is 3.96. The SMILES string of the molecule is COC1CCN(c2c(C#N)cnc3ccc(Cl)cc23)CC1. The highest BCUT2D eigenvalue weighted by molar-refractivity contribution is 6.31. The lowest BCUT2D eigenvalue weighted by Gasteiger charge is -2.34. The van der Waals surface area contributed by atoms with Gasteiger partial charge in [-0.1, -0.05) is 11.6 Å². The summed E-state index contributed by atoms with van der Waals surface area (Å²) in [5, 5.41) is 11.0. The van der Waals surface area contributed by atoms with Crippen LogP contribution in [0.5, 0.6) is 0 Å². The predicted octanol–water partition coefficient (Wildman–Crippen LogP) is 3.38. The Balaban J connectivity index is 2.07. The maximum absolute atomic E-state index is 9.40. The highest BCUT2D eigenvalue weighted by Gasteiger charge is 2.22. The Morgan fingerprint density at radius 2 is 2.14 bits per heavy atom. The summed E-state index contributed by atoms with van der Waals surface area (Å²) in [5.41, 5.74) is 2.41. The third kappa shape index (κ3) is 2.67. The first-order chi connectivity index (χ1) is 10.2. The molecule has 0 bridgehead atoms. The molecule has 1 aromatic carbocycles. The van der Waals surface area contributed by atoms with Gasteiger partial charge in [-0.15, -0.1) is 0 Å². The van der Waals surface area contributed by atoms with Crippen molar-refractivity contribution >= 4 is 28.2 Å². The van der Waals surface area contributed by atoms with Gasteiger partial charge in [-0.2, -0.15) is 5.26 Å². The Morgan fingerprint density at radius 1 is 1.38 bits per heavy atom. The van der Waals surface area contributed by atoms with Gasteiger partial charge in [0.25, 0.3) is 0 Å². The van der Waals surface area contributed by atoms with Crippen molar-refractivity contribution in [2.75, 3.05) is 25.1 Å². The zero-order chi connectivity index (χ0) is 14.8. The monoisotopic (exact) mass is 301 g/mol. The molecule has 1 aromatic heterocycles. The van der Waals surface area contributed by atoms with Gasteiger partial charge in [0.05, 0.1) is 22.9 Å². The maximum Gasteiger partial charge on any atom is 0.103 e. The van der Waals surface area contributed by atoms with Gasteiger partial charge >= 0.3 is 0 Å². The number of nitrogens with zero attached hydrogens (tertiary/aromatic N) is 3. The minimum absolute atomic E-state index is 0.309. The first kappa shape index (κ1) is 14.1. The van der Waals surface area contributed by atoms with Crippen LogP contribution in [-0.2, 0) is 4.74 Å². The molecule has 0 aliphatic carbocycles. The number of hydrogen-bond donors (Lipinski definition) is 0. The van der Waals surface area contributed by atoms with Crippen LogP contribution in [0.15, 0.2) is 24.4 Å². The molecule has 0 atom stereocenters. The number of methoxy groups -OCH3 is 1. The number of ether oxygens (including phenoxy) is 1. The van der Waals surface area contributed by atoms with E-state index >= 15 is 0 Å². The van der Waals surface area contributed by atoms with Crippen LogP contribution in [0.4, 0.5) is 5.69 Å². The lowest BCUT2D eigenvalue weighted by atomic mass is 10.0. The largest absolute Gasteiger partial charge is 0.381 e. The summed E-state index contributed by atoms with van der Waals surface area (Å²) in [4.78, 5) is 6.59. The fourth-order valence-corrected chi connectivity index (χ4v) is 3.06. The molecule has 1 saturated heterocycles. The third-order valence-corrected chi connectivity index (χ3v) is 4.25. The number of hydrogen-bond acceptors (Lipinski definition) is 4. The van der Waals surface area contributed by atoms with Crippen LogP contribution < -0.4 is 4.90 Å². The summed E-state index contributed by atoms with van der Waals surface area (Å²) in [6.07, 6.45) is 3.88. The summed E-state index contributed by atoms with van der Waals surface area (Å²) in [7, 11) is 1.75. The number of piperidine rings is 1. The van der Waals surface area contributed by atoms with Gasteiger partial charge in [-0.05, 0) is 31.0 Å². The van der Waals surface area contributed by atoms with Gasteiger partial charge in [-0.3, -0.25) is 4.98 Å². The van der Waals surface area contributed by atoms with Crippen molar-refractivity contribution in [1.82, 2.24) is 4.98 Å². The number of fused-ring (bicyclic) bond motifs is 1. The summed E-state index contributed by atoms with van der Waals surface area (Å²) in [6, 6.07) is 7.86. The first-order valence-corrected chi connectivity index (χ1v) is 7.37. The van der Waals surface area contributed by atoms with Crippen molar-refractivity contribution in [3.8, 4) is 6.07 Å². The Morgan fingerprint density at radius 3 is 2.81 bits per heavy atom. The molecular weight excluding hydrogens is 286 g/mol. The molecule has 0 saturated carbocycles. The molecule has 0 radical (unpaired) electrons. The quantitative estimate of drug-likeness (QED) is 0.853. The lowest BCUT2D eigenvalue weighted by Crippen LogP contribution is -2.37. The van der Waals surface area contributed by atoms with Gasteiger partial charge in [-0.25, -0.2) is 0 Å². The second kappa shape index (κ2) is 5.88. The molecule has 0 N–H and O–H groups in total. The fraction of sp³-hybridized carbons (Fsp3) is 0.375. The maximum atomic E-state index is 9.40. The second-order valence-electron chi connectivity index (χ2n) is 5.22. The van der Waals surface area contributed by atoms with Gasteiger partial charge < -0.3 is 9.64 Å². The topological polar surface area (TPSA) is 49.1 Å². The Hall–Kier alpha value is -1.83. The molecule has 21 heavy (non-hydrogen) atoms. The normalized spacial score (nSPS) is 16.1. The molecular formula is C16H16ClN3O. The van der Waals surface area contributed by atoms with E-state index in [0.29, 0.717) is 16.7 Å². The zero-order valence-electron chi connectivity index (χ0n) is 11.8. The van der Waals surface area contributed by atoms with Crippen molar-refractivity contribution in [3.05, 3.63) is 35.0 Å². The average molecular weight is 302 g/mol. The van der Waals surface area contributed by atoms with Crippen molar-refractivity contribution in [3.63, 3.8) is 0 Å². The van der Waals surface area contributed by atoms with Crippen LogP contribution >= 0.6 is 11.6 Å². The molecule has 1 aliphatic rings. The smallest absolute Gasteiger partial charge is 0.103 e. The minimum Gasteiger partial charge on any atom is -0.381 e. The fourth-order valence-electron chi connectivity index (χ4n) is 2.89. The van der Waals surface area contributed by atoms with Gasteiger partial charge in [0.15, 0.2) is 0 Å². The van der Waals surface area contributed by atoms with Crippen LogP contribution in [0, 0.1) is 11.3 Å². The molecule has 4 nitrogen and oxygen atoms in total. The van der Waals surface area contributed by atoms with E-state index in [2.05, 4.69) is 16.0 Å². The van der Waals surface area contributed by atoms with Gasteiger partial charge in [0, 0.05) is 36.8 Å². The summed E-state index contributed by atoms with van der Waals surface area (Å²) < 4.78 is 5.41. The minimum atomic E-state index is 0.309. The standard InChI is InChI=1S/C16H16ClN3O/c1-21-13-4-6-20(7-5-13)16-11(9-18)10-19-15-3-2-12(17)8-14(15)16/h2-3,8,10,13H,4-7H2,1H3. The van der Waals surface area contributed by atoms with E-state index in [1.54, 1.807) is 13.3 Å². The highest BCUT2D eigenvalue weighted by Crippen LogP contribution is 2.33. The number of benzene rings is 1. The number of aromatic nitrogens is 1. The van der Waals surface area contributed by atoms with E-state index < -0.39 is 0 Å². The van der Waals surface area contributed by atoms with Crippen LogP contribution in [0.1, 0.15) is 18.4 Å². The zero-order valence-corrected chi connectivity index (χ0v) is 12.6. The lowest BCUT2D eigenvalue weighted by molar-refractivity contribution is 0.0819. The van der Waals surface area contributed by atoms with E-state index in [-0.39, 0.29) is 0 Å². The molecule has 108 valence electrons. The molecule has 2 aromatic rings. The Labute approximate surface area is 128 Å². The van der Waals surface area contributed by atoms with Crippen molar-refractivity contribution in [1.29, 1.82) is 5.26 Å². The second-order valence-corrected chi connectivity index (χ2v) is 5.65. The van der Waals surface area contributed by atoms with Crippen LogP contribution in [0.25, 0.3) is 10.9 Å². The van der Waals surface area contributed by atoms with Crippen molar-refractivity contribution in [2.45, 2.75) is 18.9 Å². The van der Waals surface area contributed by atoms with Crippen LogP contribution in [-0.4, -0.2) is 31.3 Å². The number of rotatable bonds is 2. The molecule has 2 heterocycles. The molecule has 0 spiro atoms. The van der Waals surface area contributed by atoms with E-state index in [4.69, 9.17) is 16.3 Å². The van der Waals surface area contributed by atoms with Crippen molar-refractivity contribution < 1.29 is 4.74 Å². The number of halogens is 1. The van der Waals surface area contributed by atoms with E-state index in [9.17, 15) is 5.26 Å². The summed E-state index contributed by atoms with van der Waals surface area (Å²) in [6.45, 7) is 1.75. The average Bonchev–Trinajstić information content (AvgIpc) is 2.53. The van der Waals surface area contributed by atoms with E-state index in [1.807, 2.05) is 18.2 Å². The van der Waals surface area contributed by atoms with Gasteiger partial charge in [0.1, 0.15) is 6.07 Å². The predicted molar refractivity (Wildman–Crippen MR) is 83.7 cm³/mol. The number of nitriles is 1. The summed E-state index contributed by atoms with van der Waals surface area (Å²) in [5.74, 6) is 0.